The monoisotopic (exact) mass is 353 g/mol. The van der Waals surface area contributed by atoms with Crippen LogP contribution >= 0.6 is 0 Å². The standard InChI is InChI=1S/C19H19N3O4/c23-19-21(8-9-26-19)18-11-16(22(24)25)6-7-17(18)20-12-13-4-5-14-2-1-3-15(14)10-13/h4-7,10-11,20H,1-3,8-9,12H2. The first-order valence-electron chi connectivity index (χ1n) is 8.69. The molecule has 0 aromatic heterocycles. The number of nitrogens with one attached hydrogen (secondary N) is 1. The first-order chi connectivity index (χ1) is 12.6. The van der Waals surface area contributed by atoms with Gasteiger partial charge in [-0.25, -0.2) is 4.79 Å². The molecule has 1 aliphatic carbocycles. The fraction of sp³-hybridized carbons (Fsp3) is 0.316. The molecule has 2 aromatic rings. The number of anilines is 2. The third-order valence-electron chi connectivity index (χ3n) is 4.89. The van der Waals surface area contributed by atoms with Gasteiger partial charge in [0, 0.05) is 18.7 Å². The van der Waals surface area contributed by atoms with Crippen molar-refractivity contribution in [1.29, 1.82) is 0 Å². The number of rotatable bonds is 5. The number of ether oxygens (including phenoxy) is 1. The highest BCUT2D eigenvalue weighted by Gasteiger charge is 2.27. The zero-order chi connectivity index (χ0) is 18.1. The summed E-state index contributed by atoms with van der Waals surface area (Å²) in [6, 6.07) is 11.0. The number of benzene rings is 2. The highest BCUT2D eigenvalue weighted by molar-refractivity contribution is 5.94. The van der Waals surface area contributed by atoms with Gasteiger partial charge in [0.05, 0.1) is 22.8 Å². The molecule has 0 saturated carbocycles. The van der Waals surface area contributed by atoms with E-state index in [0.29, 0.717) is 24.5 Å². The fourth-order valence-electron chi connectivity index (χ4n) is 3.55. The summed E-state index contributed by atoms with van der Waals surface area (Å²) in [6.07, 6.45) is 2.99. The average Bonchev–Trinajstić information content (AvgIpc) is 3.27. The van der Waals surface area contributed by atoms with Crippen LogP contribution in [0.5, 0.6) is 0 Å². The van der Waals surface area contributed by atoms with Crippen LogP contribution in [0.1, 0.15) is 23.1 Å². The average molecular weight is 353 g/mol. The summed E-state index contributed by atoms with van der Waals surface area (Å²) in [4.78, 5) is 24.0. The minimum atomic E-state index is -0.480. The lowest BCUT2D eigenvalue weighted by Crippen LogP contribution is -2.24. The van der Waals surface area contributed by atoms with Crippen LogP contribution in [-0.4, -0.2) is 24.2 Å². The number of nitro benzene ring substituents is 1. The number of aryl methyl sites for hydroxylation is 2. The number of nitrogens with zero attached hydrogens (tertiary/aromatic N) is 2. The molecule has 0 unspecified atom stereocenters. The van der Waals surface area contributed by atoms with Gasteiger partial charge in [-0.15, -0.1) is 0 Å². The van der Waals surface area contributed by atoms with E-state index in [1.807, 2.05) is 0 Å². The molecule has 2 aromatic carbocycles. The van der Waals surface area contributed by atoms with Gasteiger partial charge < -0.3 is 10.1 Å². The molecular formula is C19H19N3O4. The summed E-state index contributed by atoms with van der Waals surface area (Å²) in [5, 5.41) is 14.4. The Morgan fingerprint density at radius 1 is 1.15 bits per heavy atom. The number of fused-ring (bicyclic) bond motifs is 1. The van der Waals surface area contributed by atoms with Crippen LogP contribution in [0.25, 0.3) is 0 Å². The molecule has 1 saturated heterocycles. The van der Waals surface area contributed by atoms with Crippen LogP contribution in [0, 0.1) is 10.1 Å². The van der Waals surface area contributed by atoms with Gasteiger partial charge in [-0.05, 0) is 42.0 Å². The van der Waals surface area contributed by atoms with E-state index >= 15 is 0 Å². The number of non-ortho nitro benzene ring substituents is 1. The Balaban J connectivity index is 1.59. The second kappa shape index (κ2) is 6.67. The summed E-state index contributed by atoms with van der Waals surface area (Å²) in [7, 11) is 0. The van der Waals surface area contributed by atoms with Crippen molar-refractivity contribution in [3.05, 3.63) is 63.2 Å². The minimum absolute atomic E-state index is 0.0530. The lowest BCUT2D eigenvalue weighted by atomic mass is 10.1. The van der Waals surface area contributed by atoms with E-state index in [0.717, 1.165) is 18.4 Å². The normalized spacial score (nSPS) is 15.7. The van der Waals surface area contributed by atoms with E-state index in [-0.39, 0.29) is 12.3 Å². The van der Waals surface area contributed by atoms with E-state index in [9.17, 15) is 14.9 Å². The first-order valence-corrected chi connectivity index (χ1v) is 8.69. The molecular weight excluding hydrogens is 334 g/mol. The number of carbonyl (C=O) groups is 1. The molecule has 1 N–H and O–H groups in total. The number of cyclic esters (lactones) is 1. The third-order valence-corrected chi connectivity index (χ3v) is 4.89. The first kappa shape index (κ1) is 16.4. The topological polar surface area (TPSA) is 84.7 Å². The van der Waals surface area contributed by atoms with Gasteiger partial charge in [-0.1, -0.05) is 18.2 Å². The molecule has 4 rings (SSSR count). The van der Waals surface area contributed by atoms with E-state index in [2.05, 4.69) is 23.5 Å². The summed E-state index contributed by atoms with van der Waals surface area (Å²) >= 11 is 0. The van der Waals surface area contributed by atoms with E-state index in [1.54, 1.807) is 6.07 Å². The molecule has 7 nitrogen and oxygen atoms in total. The molecule has 1 fully saturated rings. The number of amides is 1. The van der Waals surface area contributed by atoms with Gasteiger partial charge in [-0.3, -0.25) is 15.0 Å². The Hall–Kier alpha value is -3.09. The predicted octanol–water partition coefficient (Wildman–Crippen LogP) is 3.65. The van der Waals surface area contributed by atoms with Crippen molar-refractivity contribution in [1.82, 2.24) is 0 Å². The Kier molecular flexibility index (Phi) is 4.20. The van der Waals surface area contributed by atoms with Crippen molar-refractivity contribution in [3.63, 3.8) is 0 Å². The number of hydrogen-bond acceptors (Lipinski definition) is 5. The maximum Gasteiger partial charge on any atom is 0.414 e. The predicted molar refractivity (Wildman–Crippen MR) is 97.6 cm³/mol. The van der Waals surface area contributed by atoms with Crippen LogP contribution in [0.2, 0.25) is 0 Å². The quantitative estimate of drug-likeness (QED) is 0.655. The maximum atomic E-state index is 11.9. The molecule has 7 heteroatoms. The summed E-state index contributed by atoms with van der Waals surface area (Å²) in [5.74, 6) is 0. The summed E-state index contributed by atoms with van der Waals surface area (Å²) in [6.45, 7) is 1.25. The molecule has 1 aliphatic heterocycles. The van der Waals surface area contributed by atoms with E-state index in [1.165, 1.54) is 34.6 Å². The number of hydrogen-bond donors (Lipinski definition) is 1. The maximum absolute atomic E-state index is 11.9. The van der Waals surface area contributed by atoms with Crippen LogP contribution in [0.15, 0.2) is 36.4 Å². The minimum Gasteiger partial charge on any atom is -0.447 e. The van der Waals surface area contributed by atoms with Gasteiger partial charge >= 0.3 is 6.09 Å². The van der Waals surface area contributed by atoms with Crippen LogP contribution in [0.3, 0.4) is 0 Å². The zero-order valence-corrected chi connectivity index (χ0v) is 14.2. The molecule has 0 bridgehead atoms. The van der Waals surface area contributed by atoms with Crippen molar-refractivity contribution in [2.75, 3.05) is 23.4 Å². The van der Waals surface area contributed by atoms with Crippen molar-refractivity contribution >= 4 is 23.2 Å². The van der Waals surface area contributed by atoms with Crippen molar-refractivity contribution in [2.45, 2.75) is 25.8 Å². The van der Waals surface area contributed by atoms with E-state index < -0.39 is 11.0 Å². The second-order valence-corrected chi connectivity index (χ2v) is 6.53. The fourth-order valence-corrected chi connectivity index (χ4v) is 3.55. The molecule has 0 atom stereocenters. The SMILES string of the molecule is O=C1OCCN1c1cc([N+](=O)[O-])ccc1NCc1ccc2c(c1)CCC2. The number of carbonyl (C=O) groups excluding carboxylic acids is 1. The largest absolute Gasteiger partial charge is 0.447 e. The van der Waals surface area contributed by atoms with Crippen molar-refractivity contribution in [2.24, 2.45) is 0 Å². The molecule has 134 valence electrons. The Bertz CT molecular complexity index is 881. The van der Waals surface area contributed by atoms with Gasteiger partial charge in [0.15, 0.2) is 0 Å². The van der Waals surface area contributed by atoms with E-state index in [4.69, 9.17) is 4.74 Å². The zero-order valence-electron chi connectivity index (χ0n) is 14.2. The second-order valence-electron chi connectivity index (χ2n) is 6.53. The molecule has 1 amide bonds. The highest BCUT2D eigenvalue weighted by Crippen LogP contribution is 2.33. The molecule has 26 heavy (non-hydrogen) atoms. The molecule has 0 radical (unpaired) electrons. The summed E-state index contributed by atoms with van der Waals surface area (Å²) < 4.78 is 4.98. The molecule has 2 aliphatic rings. The third kappa shape index (κ3) is 3.08. The van der Waals surface area contributed by atoms with Crippen molar-refractivity contribution < 1.29 is 14.5 Å². The Morgan fingerprint density at radius 3 is 2.77 bits per heavy atom. The summed E-state index contributed by atoms with van der Waals surface area (Å²) in [5.41, 5.74) is 5.07. The molecule has 1 heterocycles. The Labute approximate surface area is 150 Å². The van der Waals surface area contributed by atoms with Crippen LogP contribution in [0.4, 0.5) is 21.9 Å². The van der Waals surface area contributed by atoms with Crippen LogP contribution < -0.4 is 10.2 Å². The van der Waals surface area contributed by atoms with Gasteiger partial charge in [0.2, 0.25) is 0 Å². The lowest BCUT2D eigenvalue weighted by molar-refractivity contribution is -0.384. The Morgan fingerprint density at radius 2 is 2.00 bits per heavy atom. The van der Waals surface area contributed by atoms with Gasteiger partial charge in [-0.2, -0.15) is 0 Å². The lowest BCUT2D eigenvalue weighted by Gasteiger charge is -2.18. The number of nitro groups is 1. The highest BCUT2D eigenvalue weighted by atomic mass is 16.6. The van der Waals surface area contributed by atoms with Gasteiger partial charge in [0.1, 0.15) is 6.61 Å². The van der Waals surface area contributed by atoms with Crippen LogP contribution in [-0.2, 0) is 24.1 Å². The molecule has 0 spiro atoms. The van der Waals surface area contributed by atoms with Gasteiger partial charge in [0.25, 0.3) is 5.69 Å². The van der Waals surface area contributed by atoms with Crippen molar-refractivity contribution in [3.8, 4) is 0 Å². The smallest absolute Gasteiger partial charge is 0.414 e.